The van der Waals surface area contributed by atoms with Crippen LogP contribution in [-0.2, 0) is 27.1 Å². The molecule has 1 N–H and O–H groups in total. The number of benzene rings is 1. The minimum atomic E-state index is -0.579. The van der Waals surface area contributed by atoms with Gasteiger partial charge in [0.2, 0.25) is 0 Å². The van der Waals surface area contributed by atoms with Gasteiger partial charge in [-0.1, -0.05) is 11.6 Å². The molecule has 6 nitrogen and oxygen atoms in total. The van der Waals surface area contributed by atoms with Gasteiger partial charge < -0.3 is 14.8 Å². The highest BCUT2D eigenvalue weighted by Crippen LogP contribution is 2.31. The van der Waals surface area contributed by atoms with Gasteiger partial charge >= 0.3 is 0 Å². The number of rotatable bonds is 3. The molecule has 24 heavy (non-hydrogen) atoms. The molecule has 4 rings (SSSR count). The summed E-state index contributed by atoms with van der Waals surface area (Å²) in [4.78, 5) is 12.5. The fourth-order valence-electron chi connectivity index (χ4n) is 3.13. The summed E-state index contributed by atoms with van der Waals surface area (Å²) in [5.41, 5.74) is 3.01. The molecule has 1 unspecified atom stereocenters. The number of hydrogen-bond donors (Lipinski definition) is 1. The van der Waals surface area contributed by atoms with Crippen LogP contribution in [0.5, 0.6) is 0 Å². The largest absolute Gasteiger partial charge is 0.376 e. The van der Waals surface area contributed by atoms with Gasteiger partial charge in [-0.3, -0.25) is 4.79 Å². The quantitative estimate of drug-likeness (QED) is 0.925. The van der Waals surface area contributed by atoms with Crippen molar-refractivity contribution in [3.8, 4) is 5.69 Å². The number of ether oxygens (including phenoxy) is 2. The molecule has 1 aliphatic heterocycles. The lowest BCUT2D eigenvalue weighted by Crippen LogP contribution is -2.39. The second-order valence-corrected chi connectivity index (χ2v) is 6.38. The van der Waals surface area contributed by atoms with Crippen LogP contribution in [-0.4, -0.2) is 41.6 Å². The average Bonchev–Trinajstić information content (AvgIpc) is 3.19. The first kappa shape index (κ1) is 15.6. The third-order valence-electron chi connectivity index (χ3n) is 4.33. The van der Waals surface area contributed by atoms with E-state index in [4.69, 9.17) is 21.1 Å². The van der Waals surface area contributed by atoms with Gasteiger partial charge in [0.25, 0.3) is 5.91 Å². The zero-order valence-electron chi connectivity index (χ0n) is 13.1. The maximum absolute atomic E-state index is 12.5. The Balaban J connectivity index is 1.65. The lowest BCUT2D eigenvalue weighted by Gasteiger charge is -2.22. The van der Waals surface area contributed by atoms with Crippen molar-refractivity contribution in [2.24, 2.45) is 0 Å². The summed E-state index contributed by atoms with van der Waals surface area (Å²) in [6, 6.07) is 7.40. The summed E-state index contributed by atoms with van der Waals surface area (Å²) in [6.07, 6.45) is 2.33. The normalized spacial score (nSPS) is 20.0. The van der Waals surface area contributed by atoms with Gasteiger partial charge in [0.1, 0.15) is 5.82 Å². The van der Waals surface area contributed by atoms with E-state index < -0.39 is 6.10 Å². The number of fused-ring (bicyclic) bond motifs is 1. The van der Waals surface area contributed by atoms with E-state index in [1.807, 2.05) is 24.3 Å². The number of aryl methyl sites for hydroxylation is 1. The second kappa shape index (κ2) is 6.55. The van der Waals surface area contributed by atoms with Crippen LogP contribution in [0.25, 0.3) is 5.69 Å². The molecule has 0 radical (unpaired) electrons. The van der Waals surface area contributed by atoms with Gasteiger partial charge in [0.15, 0.2) is 6.10 Å². The fraction of sp³-hybridized carbons (Fsp3) is 0.412. The Labute approximate surface area is 144 Å². The van der Waals surface area contributed by atoms with E-state index in [1.54, 1.807) is 4.68 Å². The predicted octanol–water partition coefficient (Wildman–Crippen LogP) is 2.37. The highest BCUT2D eigenvalue weighted by molar-refractivity contribution is 6.30. The maximum Gasteiger partial charge on any atom is 0.257 e. The Bertz CT molecular complexity index is 751. The van der Waals surface area contributed by atoms with Gasteiger partial charge in [-0.15, -0.1) is 0 Å². The van der Waals surface area contributed by atoms with Crippen molar-refractivity contribution in [1.29, 1.82) is 0 Å². The minimum Gasteiger partial charge on any atom is -0.376 e. The van der Waals surface area contributed by atoms with Crippen molar-refractivity contribution in [2.45, 2.75) is 25.4 Å². The van der Waals surface area contributed by atoms with Crippen LogP contribution in [0, 0.1) is 0 Å². The van der Waals surface area contributed by atoms with Crippen molar-refractivity contribution < 1.29 is 14.3 Å². The van der Waals surface area contributed by atoms with Crippen LogP contribution in [0.1, 0.15) is 17.7 Å². The second-order valence-electron chi connectivity index (χ2n) is 5.94. The summed E-state index contributed by atoms with van der Waals surface area (Å²) in [7, 11) is 0. The Morgan fingerprint density at radius 3 is 2.83 bits per heavy atom. The van der Waals surface area contributed by atoms with Crippen molar-refractivity contribution >= 4 is 23.3 Å². The fourth-order valence-corrected chi connectivity index (χ4v) is 3.25. The number of halogens is 1. The van der Waals surface area contributed by atoms with E-state index in [0.29, 0.717) is 18.2 Å². The minimum absolute atomic E-state index is 0.195. The molecule has 1 aromatic heterocycles. The SMILES string of the molecule is O=C(Nc1c2c(nn1-c1ccc(Cl)cc1)CCC2)C1COCCO1. The molecule has 0 saturated carbocycles. The first-order valence-electron chi connectivity index (χ1n) is 8.09. The van der Waals surface area contributed by atoms with Gasteiger partial charge in [-0.2, -0.15) is 5.10 Å². The molecule has 2 heterocycles. The molecular formula is C17H18ClN3O3. The van der Waals surface area contributed by atoms with Crippen molar-refractivity contribution in [3.05, 3.63) is 40.5 Å². The van der Waals surface area contributed by atoms with Gasteiger partial charge in [0.05, 0.1) is 31.2 Å². The summed E-state index contributed by atoms with van der Waals surface area (Å²) in [5.74, 6) is 0.531. The third-order valence-corrected chi connectivity index (χ3v) is 4.58. The molecule has 1 aromatic carbocycles. The summed E-state index contributed by atoms with van der Waals surface area (Å²) < 4.78 is 12.6. The van der Waals surface area contributed by atoms with Crippen molar-refractivity contribution in [3.63, 3.8) is 0 Å². The number of carbonyl (C=O) groups is 1. The number of aromatic nitrogens is 2. The molecule has 1 saturated heterocycles. The standard InChI is InChI=1S/C17H18ClN3O3/c18-11-4-6-12(7-5-11)21-16(13-2-1-3-14(13)20-21)19-17(22)15-10-23-8-9-24-15/h4-7,15H,1-3,8-10H2,(H,19,22). The molecule has 7 heteroatoms. The van der Waals surface area contributed by atoms with Crippen molar-refractivity contribution in [2.75, 3.05) is 25.1 Å². The monoisotopic (exact) mass is 347 g/mol. The Kier molecular flexibility index (Phi) is 4.26. The van der Waals surface area contributed by atoms with E-state index in [1.165, 1.54) is 0 Å². The molecule has 0 spiro atoms. The van der Waals surface area contributed by atoms with Crippen LogP contribution in [0.3, 0.4) is 0 Å². The number of nitrogens with one attached hydrogen (secondary N) is 1. The molecule has 126 valence electrons. The Hall–Kier alpha value is -1.89. The highest BCUT2D eigenvalue weighted by atomic mass is 35.5. The van der Waals surface area contributed by atoms with Crippen LogP contribution in [0.4, 0.5) is 5.82 Å². The van der Waals surface area contributed by atoms with E-state index in [2.05, 4.69) is 10.4 Å². The van der Waals surface area contributed by atoms with Crippen LogP contribution >= 0.6 is 11.6 Å². The Morgan fingerprint density at radius 2 is 2.08 bits per heavy atom. The molecule has 1 fully saturated rings. The number of amides is 1. The van der Waals surface area contributed by atoms with Gasteiger partial charge in [-0.05, 0) is 43.5 Å². The molecular weight excluding hydrogens is 330 g/mol. The highest BCUT2D eigenvalue weighted by Gasteiger charge is 2.28. The average molecular weight is 348 g/mol. The van der Waals surface area contributed by atoms with Crippen LogP contribution in [0.15, 0.2) is 24.3 Å². The molecule has 1 aliphatic carbocycles. The van der Waals surface area contributed by atoms with Crippen molar-refractivity contribution in [1.82, 2.24) is 9.78 Å². The number of anilines is 1. The van der Waals surface area contributed by atoms with Crippen LogP contribution in [0.2, 0.25) is 5.02 Å². The number of carbonyl (C=O) groups excluding carboxylic acids is 1. The summed E-state index contributed by atoms with van der Waals surface area (Å²) >= 11 is 5.97. The van der Waals surface area contributed by atoms with E-state index in [9.17, 15) is 4.79 Å². The summed E-state index contributed by atoms with van der Waals surface area (Å²) in [5, 5.41) is 8.34. The molecule has 2 aliphatic rings. The number of nitrogens with zero attached hydrogens (tertiary/aromatic N) is 2. The smallest absolute Gasteiger partial charge is 0.257 e. The molecule has 0 bridgehead atoms. The molecule has 1 amide bonds. The maximum atomic E-state index is 12.5. The zero-order valence-corrected chi connectivity index (χ0v) is 13.9. The first-order valence-corrected chi connectivity index (χ1v) is 8.47. The van der Waals surface area contributed by atoms with Gasteiger partial charge in [-0.25, -0.2) is 4.68 Å². The van der Waals surface area contributed by atoms with E-state index >= 15 is 0 Å². The summed E-state index contributed by atoms with van der Waals surface area (Å²) in [6.45, 7) is 1.25. The lowest BCUT2D eigenvalue weighted by molar-refractivity contribution is -0.142. The molecule has 1 atom stereocenters. The zero-order chi connectivity index (χ0) is 16.5. The topological polar surface area (TPSA) is 65.4 Å². The molecule has 2 aromatic rings. The predicted molar refractivity (Wildman–Crippen MR) is 89.8 cm³/mol. The lowest BCUT2D eigenvalue weighted by atomic mass is 10.2. The van der Waals surface area contributed by atoms with E-state index in [0.717, 1.165) is 42.0 Å². The third kappa shape index (κ3) is 2.92. The van der Waals surface area contributed by atoms with Crippen LogP contribution < -0.4 is 5.32 Å². The first-order chi connectivity index (χ1) is 11.7. The van der Waals surface area contributed by atoms with E-state index in [-0.39, 0.29) is 12.5 Å². The Morgan fingerprint density at radius 1 is 1.25 bits per heavy atom. The van der Waals surface area contributed by atoms with Gasteiger partial charge in [0, 0.05) is 10.6 Å². The number of hydrogen-bond acceptors (Lipinski definition) is 4.